The van der Waals surface area contributed by atoms with Gasteiger partial charge in [-0.05, 0) is 30.6 Å². The number of carbonyl (C=O) groups excluding carboxylic acids is 1. The second-order valence-electron chi connectivity index (χ2n) is 5.64. The molecule has 0 spiro atoms. The predicted octanol–water partition coefficient (Wildman–Crippen LogP) is 1.96. The summed E-state index contributed by atoms with van der Waals surface area (Å²) in [6, 6.07) is 0. The van der Waals surface area contributed by atoms with Crippen molar-refractivity contribution in [2.45, 2.75) is 46.1 Å². The van der Waals surface area contributed by atoms with Gasteiger partial charge in [-0.15, -0.1) is 0 Å². The van der Waals surface area contributed by atoms with Crippen molar-refractivity contribution in [3.63, 3.8) is 0 Å². The number of hydrogen-bond donors (Lipinski definition) is 1. The van der Waals surface area contributed by atoms with Crippen molar-refractivity contribution in [1.29, 1.82) is 0 Å². The molecule has 1 atom stereocenters. The molecule has 0 bridgehead atoms. The average molecular weight is 213 g/mol. The van der Waals surface area contributed by atoms with Crippen molar-refractivity contribution in [3.05, 3.63) is 0 Å². The molecule has 0 heterocycles. The first-order chi connectivity index (χ1) is 6.92. The Labute approximate surface area is 92.6 Å². The standard InChI is InChI=1S/C12H23NO2/c1-12(2,3)7-10(11(14)13-4)15-8-9-5-6-9/h9-10H,5-8H2,1-4H3,(H,13,14). The normalized spacial score (nSPS) is 18.7. The Morgan fingerprint density at radius 3 is 2.47 bits per heavy atom. The maximum atomic E-state index is 11.6. The number of rotatable bonds is 5. The molecule has 88 valence electrons. The van der Waals surface area contributed by atoms with Crippen LogP contribution in [-0.4, -0.2) is 25.7 Å². The quantitative estimate of drug-likeness (QED) is 0.758. The van der Waals surface area contributed by atoms with Crippen LogP contribution in [-0.2, 0) is 9.53 Å². The van der Waals surface area contributed by atoms with Crippen LogP contribution in [0.25, 0.3) is 0 Å². The van der Waals surface area contributed by atoms with Gasteiger partial charge in [0.05, 0.1) is 6.61 Å². The zero-order chi connectivity index (χ0) is 11.5. The van der Waals surface area contributed by atoms with Gasteiger partial charge in [0.15, 0.2) is 0 Å². The summed E-state index contributed by atoms with van der Waals surface area (Å²) in [6.45, 7) is 7.13. The SMILES string of the molecule is CNC(=O)C(CC(C)(C)C)OCC1CC1. The van der Waals surface area contributed by atoms with E-state index in [4.69, 9.17) is 4.74 Å². The Morgan fingerprint density at radius 1 is 1.47 bits per heavy atom. The van der Waals surface area contributed by atoms with E-state index in [9.17, 15) is 4.79 Å². The van der Waals surface area contributed by atoms with E-state index in [1.54, 1.807) is 7.05 Å². The largest absolute Gasteiger partial charge is 0.368 e. The van der Waals surface area contributed by atoms with E-state index in [1.807, 2.05) is 0 Å². The van der Waals surface area contributed by atoms with Crippen molar-refractivity contribution in [1.82, 2.24) is 5.32 Å². The number of likely N-dealkylation sites (N-methyl/N-ethyl adjacent to an activating group) is 1. The summed E-state index contributed by atoms with van der Waals surface area (Å²) in [6.07, 6.45) is 3.02. The van der Waals surface area contributed by atoms with Crippen molar-refractivity contribution < 1.29 is 9.53 Å². The Hall–Kier alpha value is -0.570. The molecule has 3 nitrogen and oxygen atoms in total. The minimum atomic E-state index is -0.282. The highest BCUT2D eigenvalue weighted by Gasteiger charge is 2.28. The lowest BCUT2D eigenvalue weighted by Crippen LogP contribution is -2.37. The maximum Gasteiger partial charge on any atom is 0.248 e. The fraction of sp³-hybridized carbons (Fsp3) is 0.917. The molecular formula is C12H23NO2. The molecule has 0 aromatic heterocycles. The minimum Gasteiger partial charge on any atom is -0.368 e. The highest BCUT2D eigenvalue weighted by Crippen LogP contribution is 2.30. The summed E-state index contributed by atoms with van der Waals surface area (Å²) in [7, 11) is 1.67. The second kappa shape index (κ2) is 4.97. The third-order valence-electron chi connectivity index (χ3n) is 2.57. The second-order valence-corrected chi connectivity index (χ2v) is 5.64. The lowest BCUT2D eigenvalue weighted by Gasteiger charge is -2.25. The van der Waals surface area contributed by atoms with E-state index in [0.717, 1.165) is 13.0 Å². The third kappa shape index (κ3) is 5.17. The smallest absolute Gasteiger partial charge is 0.248 e. The lowest BCUT2D eigenvalue weighted by molar-refractivity contribution is -0.134. The molecule has 1 saturated carbocycles. The van der Waals surface area contributed by atoms with Crippen LogP contribution in [0.15, 0.2) is 0 Å². The van der Waals surface area contributed by atoms with Crippen LogP contribution in [0.1, 0.15) is 40.0 Å². The van der Waals surface area contributed by atoms with E-state index >= 15 is 0 Å². The summed E-state index contributed by atoms with van der Waals surface area (Å²) in [4.78, 5) is 11.6. The predicted molar refractivity (Wildman–Crippen MR) is 60.6 cm³/mol. The van der Waals surface area contributed by atoms with Gasteiger partial charge in [-0.1, -0.05) is 20.8 Å². The van der Waals surface area contributed by atoms with Gasteiger partial charge in [0, 0.05) is 7.05 Å². The first kappa shape index (κ1) is 12.5. The van der Waals surface area contributed by atoms with Crippen LogP contribution in [0, 0.1) is 11.3 Å². The zero-order valence-corrected chi connectivity index (χ0v) is 10.3. The van der Waals surface area contributed by atoms with Crippen molar-refractivity contribution in [3.8, 4) is 0 Å². The molecule has 0 saturated heterocycles. The van der Waals surface area contributed by atoms with Crippen molar-refractivity contribution >= 4 is 5.91 Å². The summed E-state index contributed by atoms with van der Waals surface area (Å²) in [5.41, 5.74) is 0.126. The lowest BCUT2D eigenvalue weighted by atomic mass is 9.89. The summed E-state index contributed by atoms with van der Waals surface area (Å²) >= 11 is 0. The zero-order valence-electron chi connectivity index (χ0n) is 10.3. The van der Waals surface area contributed by atoms with Crippen LogP contribution >= 0.6 is 0 Å². The van der Waals surface area contributed by atoms with Gasteiger partial charge >= 0.3 is 0 Å². The number of ether oxygens (including phenoxy) is 1. The molecule has 3 heteroatoms. The molecule has 1 rings (SSSR count). The van der Waals surface area contributed by atoms with Gasteiger partial charge in [0.2, 0.25) is 5.91 Å². The number of amides is 1. The van der Waals surface area contributed by atoms with Gasteiger partial charge < -0.3 is 10.1 Å². The van der Waals surface area contributed by atoms with Gasteiger partial charge in [0.25, 0.3) is 0 Å². The molecule has 0 aromatic carbocycles. The molecule has 1 amide bonds. The van der Waals surface area contributed by atoms with E-state index in [0.29, 0.717) is 5.92 Å². The van der Waals surface area contributed by atoms with Gasteiger partial charge in [-0.25, -0.2) is 0 Å². The molecule has 0 aliphatic heterocycles. The first-order valence-electron chi connectivity index (χ1n) is 5.75. The first-order valence-corrected chi connectivity index (χ1v) is 5.75. The molecule has 1 aliphatic carbocycles. The fourth-order valence-corrected chi connectivity index (χ4v) is 1.48. The summed E-state index contributed by atoms with van der Waals surface area (Å²) < 4.78 is 5.68. The fourth-order valence-electron chi connectivity index (χ4n) is 1.48. The van der Waals surface area contributed by atoms with Crippen LogP contribution in [0.3, 0.4) is 0 Å². The molecule has 0 radical (unpaired) electrons. The third-order valence-corrected chi connectivity index (χ3v) is 2.57. The molecule has 1 unspecified atom stereocenters. The number of nitrogens with one attached hydrogen (secondary N) is 1. The molecule has 1 fully saturated rings. The summed E-state index contributed by atoms with van der Waals surface area (Å²) in [5, 5.41) is 2.67. The van der Waals surface area contributed by atoms with Gasteiger partial charge in [-0.2, -0.15) is 0 Å². The number of hydrogen-bond acceptors (Lipinski definition) is 2. The Morgan fingerprint density at radius 2 is 2.07 bits per heavy atom. The van der Waals surface area contributed by atoms with Crippen LogP contribution in [0.5, 0.6) is 0 Å². The van der Waals surface area contributed by atoms with Crippen LogP contribution in [0.2, 0.25) is 0 Å². The van der Waals surface area contributed by atoms with Crippen LogP contribution < -0.4 is 5.32 Å². The highest BCUT2D eigenvalue weighted by atomic mass is 16.5. The summed E-state index contributed by atoms with van der Waals surface area (Å²) in [5.74, 6) is 0.711. The molecule has 15 heavy (non-hydrogen) atoms. The molecule has 1 aliphatic rings. The van der Waals surface area contributed by atoms with Crippen LogP contribution in [0.4, 0.5) is 0 Å². The average Bonchev–Trinajstić information content (AvgIpc) is 2.92. The van der Waals surface area contributed by atoms with Gasteiger partial charge in [-0.3, -0.25) is 4.79 Å². The Balaban J connectivity index is 2.39. The van der Waals surface area contributed by atoms with E-state index in [2.05, 4.69) is 26.1 Å². The van der Waals surface area contributed by atoms with Gasteiger partial charge in [0.1, 0.15) is 6.10 Å². The molecule has 0 aromatic rings. The monoisotopic (exact) mass is 213 g/mol. The Kier molecular flexibility index (Phi) is 4.14. The number of carbonyl (C=O) groups is 1. The molecular weight excluding hydrogens is 190 g/mol. The Bertz CT molecular complexity index is 216. The van der Waals surface area contributed by atoms with E-state index in [1.165, 1.54) is 12.8 Å². The topological polar surface area (TPSA) is 38.3 Å². The van der Waals surface area contributed by atoms with Crippen molar-refractivity contribution in [2.75, 3.05) is 13.7 Å². The van der Waals surface area contributed by atoms with E-state index in [-0.39, 0.29) is 17.4 Å². The van der Waals surface area contributed by atoms with Crippen molar-refractivity contribution in [2.24, 2.45) is 11.3 Å². The maximum absolute atomic E-state index is 11.6. The van der Waals surface area contributed by atoms with E-state index < -0.39 is 0 Å². The highest BCUT2D eigenvalue weighted by molar-refractivity contribution is 5.80. The minimum absolute atomic E-state index is 0.00516. The molecule has 1 N–H and O–H groups in total.